The first-order valence-electron chi connectivity index (χ1n) is 5.46. The molecule has 0 aliphatic rings. The van der Waals surface area contributed by atoms with Crippen molar-refractivity contribution in [1.82, 2.24) is 5.32 Å². The number of hydrogen-bond donors (Lipinski definition) is 3. The van der Waals surface area contributed by atoms with Gasteiger partial charge in [-0.15, -0.1) is 0 Å². The predicted molar refractivity (Wildman–Crippen MR) is 67.4 cm³/mol. The maximum absolute atomic E-state index is 9.50. The van der Waals surface area contributed by atoms with E-state index >= 15 is 0 Å². The summed E-state index contributed by atoms with van der Waals surface area (Å²) in [7, 11) is -2.32. The van der Waals surface area contributed by atoms with Crippen molar-refractivity contribution < 1.29 is 9.11 Å². The van der Waals surface area contributed by atoms with Crippen LogP contribution < -0.4 is 5.32 Å². The second-order valence-corrected chi connectivity index (χ2v) is 5.96. The lowest BCUT2D eigenvalue weighted by Crippen LogP contribution is -2.20. The van der Waals surface area contributed by atoms with Crippen molar-refractivity contribution in [1.29, 1.82) is 0 Å². The van der Waals surface area contributed by atoms with Gasteiger partial charge < -0.3 is 5.32 Å². The third-order valence-corrected chi connectivity index (χ3v) is 4.20. The van der Waals surface area contributed by atoms with Gasteiger partial charge in [-0.1, -0.05) is 20.8 Å². The molecule has 3 N–H and O–H groups in total. The molecule has 0 atom stereocenters. The predicted octanol–water partition coefficient (Wildman–Crippen LogP) is 3.17. The van der Waals surface area contributed by atoms with Crippen molar-refractivity contribution in [2.24, 2.45) is 0 Å². The second-order valence-electron chi connectivity index (χ2n) is 3.18. The Labute approximate surface area is 90.6 Å². The minimum absolute atomic E-state index is 0.0147. The summed E-state index contributed by atoms with van der Waals surface area (Å²) < 4.78 is 19.0. The molecule has 0 amide bonds. The van der Waals surface area contributed by atoms with Crippen molar-refractivity contribution in [2.45, 2.75) is 46.3 Å². The lowest BCUT2D eigenvalue weighted by atomic mass is 10.5. The highest BCUT2D eigenvalue weighted by Gasteiger charge is 2.15. The van der Waals surface area contributed by atoms with E-state index in [4.69, 9.17) is 0 Å². The maximum Gasteiger partial charge on any atom is 0.0428 e. The van der Waals surface area contributed by atoms with Crippen LogP contribution in [0.1, 0.15) is 41.0 Å². The topological polar surface area (TPSA) is 52.5 Å². The van der Waals surface area contributed by atoms with Gasteiger partial charge in [-0.2, -0.15) is 10.6 Å². The standard InChI is InChI=1S/C8H21NO2S.C2H6/c1-4-9-6-5-7-12(10,11)8(2)3;1-2/h8-11H,4-7H2,1-3H3;1-2H3. The molecule has 4 heteroatoms. The summed E-state index contributed by atoms with van der Waals surface area (Å²) in [5.41, 5.74) is 0. The van der Waals surface area contributed by atoms with Crippen LogP contribution in [0.4, 0.5) is 0 Å². The van der Waals surface area contributed by atoms with Gasteiger partial charge in [0.1, 0.15) is 0 Å². The highest BCUT2D eigenvalue weighted by Crippen LogP contribution is 2.43. The summed E-state index contributed by atoms with van der Waals surface area (Å²) in [6, 6.07) is 0. The van der Waals surface area contributed by atoms with Crippen LogP contribution in [-0.4, -0.2) is 33.2 Å². The molecule has 3 nitrogen and oxygen atoms in total. The fourth-order valence-corrected chi connectivity index (χ4v) is 1.86. The van der Waals surface area contributed by atoms with Gasteiger partial charge in [0, 0.05) is 11.0 Å². The highest BCUT2D eigenvalue weighted by molar-refractivity contribution is 8.24. The molecule has 0 bridgehead atoms. The molecule has 0 saturated carbocycles. The van der Waals surface area contributed by atoms with Gasteiger partial charge in [-0.25, -0.2) is 0 Å². The van der Waals surface area contributed by atoms with Gasteiger partial charge in [-0.05, 0) is 33.4 Å². The molecule has 90 valence electrons. The zero-order valence-electron chi connectivity index (χ0n) is 10.2. The van der Waals surface area contributed by atoms with E-state index in [9.17, 15) is 9.11 Å². The average Bonchev–Trinajstić information content (AvgIpc) is 2.15. The molecule has 0 saturated heterocycles. The Balaban J connectivity index is 0. The number of hydrogen-bond acceptors (Lipinski definition) is 3. The number of rotatable bonds is 6. The Morgan fingerprint density at radius 1 is 1.21 bits per heavy atom. The molecule has 0 aromatic rings. The molecule has 0 aromatic heterocycles. The summed E-state index contributed by atoms with van der Waals surface area (Å²) in [5.74, 6) is 0.525. The third kappa shape index (κ3) is 8.81. The van der Waals surface area contributed by atoms with Crippen LogP contribution in [0.3, 0.4) is 0 Å². The molecular formula is C10H27NO2S. The molecule has 0 aliphatic heterocycles. The van der Waals surface area contributed by atoms with Gasteiger partial charge in [-0.3, -0.25) is 9.11 Å². The molecule has 14 heavy (non-hydrogen) atoms. The molecule has 0 fully saturated rings. The zero-order chi connectivity index (χ0) is 11.6. The quantitative estimate of drug-likeness (QED) is 0.609. The zero-order valence-corrected chi connectivity index (χ0v) is 11.0. The first kappa shape index (κ1) is 16.7. The lowest BCUT2D eigenvalue weighted by molar-refractivity contribution is 0.473. The molecule has 0 unspecified atom stereocenters. The SMILES string of the molecule is CC.CCNCCCS(O)(O)C(C)C. The van der Waals surface area contributed by atoms with Crippen molar-refractivity contribution in [3.8, 4) is 0 Å². The van der Waals surface area contributed by atoms with Crippen LogP contribution >= 0.6 is 10.6 Å². The molecule has 0 spiro atoms. The maximum atomic E-state index is 9.50. The van der Waals surface area contributed by atoms with Crippen molar-refractivity contribution in [3.63, 3.8) is 0 Å². The van der Waals surface area contributed by atoms with Crippen LogP contribution in [0, 0.1) is 0 Å². The van der Waals surface area contributed by atoms with E-state index in [1.165, 1.54) is 0 Å². The first-order valence-corrected chi connectivity index (χ1v) is 7.24. The van der Waals surface area contributed by atoms with E-state index in [1.54, 1.807) is 0 Å². The fourth-order valence-electron chi connectivity index (χ4n) is 0.822. The van der Waals surface area contributed by atoms with E-state index in [1.807, 2.05) is 34.6 Å². The van der Waals surface area contributed by atoms with E-state index in [0.717, 1.165) is 19.5 Å². The first-order chi connectivity index (χ1) is 6.50. The summed E-state index contributed by atoms with van der Waals surface area (Å²) in [4.78, 5) is 0. The summed E-state index contributed by atoms with van der Waals surface area (Å²) in [5, 5.41) is 3.14. The van der Waals surface area contributed by atoms with Crippen LogP contribution in [0.25, 0.3) is 0 Å². The van der Waals surface area contributed by atoms with E-state index in [0.29, 0.717) is 5.75 Å². The molecule has 0 aromatic carbocycles. The minimum Gasteiger partial charge on any atom is -0.317 e. The molecule has 0 aliphatic carbocycles. The summed E-state index contributed by atoms with van der Waals surface area (Å²) >= 11 is 0. The Hall–Kier alpha value is 0.230. The van der Waals surface area contributed by atoms with Gasteiger partial charge in [0.15, 0.2) is 0 Å². The Morgan fingerprint density at radius 3 is 2.07 bits per heavy atom. The largest absolute Gasteiger partial charge is 0.317 e. The van der Waals surface area contributed by atoms with Crippen molar-refractivity contribution in [3.05, 3.63) is 0 Å². The Kier molecular flexibility index (Phi) is 11.6. The van der Waals surface area contributed by atoms with Crippen LogP contribution in [-0.2, 0) is 0 Å². The molecule has 0 heterocycles. The Morgan fingerprint density at radius 2 is 1.71 bits per heavy atom. The normalized spacial score (nSPS) is 12.3. The van der Waals surface area contributed by atoms with Crippen LogP contribution in [0.15, 0.2) is 0 Å². The summed E-state index contributed by atoms with van der Waals surface area (Å²) in [6.07, 6.45) is 0.842. The van der Waals surface area contributed by atoms with Crippen molar-refractivity contribution >= 4 is 10.6 Å². The average molecular weight is 225 g/mol. The monoisotopic (exact) mass is 225 g/mol. The van der Waals surface area contributed by atoms with Crippen molar-refractivity contribution in [2.75, 3.05) is 18.8 Å². The van der Waals surface area contributed by atoms with E-state index in [-0.39, 0.29) is 5.25 Å². The lowest BCUT2D eigenvalue weighted by Gasteiger charge is -2.36. The Bertz CT molecular complexity index is 119. The van der Waals surface area contributed by atoms with Crippen LogP contribution in [0.5, 0.6) is 0 Å². The van der Waals surface area contributed by atoms with Gasteiger partial charge in [0.2, 0.25) is 0 Å². The molecular weight excluding hydrogens is 198 g/mol. The fraction of sp³-hybridized carbons (Fsp3) is 1.00. The highest BCUT2D eigenvalue weighted by atomic mass is 32.3. The minimum atomic E-state index is -2.32. The van der Waals surface area contributed by atoms with E-state index in [2.05, 4.69) is 5.32 Å². The van der Waals surface area contributed by atoms with Gasteiger partial charge >= 0.3 is 0 Å². The number of nitrogens with one attached hydrogen (secondary N) is 1. The van der Waals surface area contributed by atoms with Crippen LogP contribution in [0.2, 0.25) is 0 Å². The molecule has 0 radical (unpaired) electrons. The van der Waals surface area contributed by atoms with E-state index < -0.39 is 10.6 Å². The van der Waals surface area contributed by atoms with Gasteiger partial charge in [0.05, 0.1) is 0 Å². The smallest absolute Gasteiger partial charge is 0.0428 e. The van der Waals surface area contributed by atoms with Gasteiger partial charge in [0.25, 0.3) is 0 Å². The third-order valence-electron chi connectivity index (χ3n) is 1.80. The molecule has 0 rings (SSSR count). The summed E-state index contributed by atoms with van der Waals surface area (Å²) in [6.45, 7) is 11.6. The second kappa shape index (κ2) is 9.77.